The number of morpholine rings is 1. The summed E-state index contributed by atoms with van der Waals surface area (Å²) in [6.07, 6.45) is 3.69. The lowest BCUT2D eigenvalue weighted by Crippen LogP contribution is -2.49. The summed E-state index contributed by atoms with van der Waals surface area (Å²) >= 11 is 0. The average Bonchev–Trinajstić information content (AvgIpc) is 3.27. The van der Waals surface area contributed by atoms with E-state index in [1.165, 1.54) is 0 Å². The van der Waals surface area contributed by atoms with Gasteiger partial charge < -0.3 is 19.3 Å². The molecule has 8 heteroatoms. The van der Waals surface area contributed by atoms with Gasteiger partial charge in [-0.2, -0.15) is 4.98 Å². The summed E-state index contributed by atoms with van der Waals surface area (Å²) in [4.78, 5) is 29.2. The molecule has 1 unspecified atom stereocenters. The van der Waals surface area contributed by atoms with Gasteiger partial charge in [0.1, 0.15) is 0 Å². The predicted octanol–water partition coefficient (Wildman–Crippen LogP) is 0.972. The van der Waals surface area contributed by atoms with Crippen LogP contribution in [0.2, 0.25) is 0 Å². The molecule has 2 aliphatic rings. The molecule has 0 radical (unpaired) electrons. The molecule has 1 aliphatic heterocycles. The molecule has 1 saturated carbocycles. The molecule has 1 N–H and O–H groups in total. The number of carbonyl (C=O) groups is 2. The molecule has 1 aliphatic carbocycles. The standard InChI is InChI=1S/C15H21N3O5/c19-13(18-6-7-22-9-11(18)8-14(20)21)3-1-2-12-16-15(17-23-12)10-4-5-10/h10-11H,1-9H2,(H,20,21). The fourth-order valence-electron chi connectivity index (χ4n) is 2.77. The number of ether oxygens (including phenoxy) is 1. The Morgan fingerprint density at radius 2 is 2.17 bits per heavy atom. The highest BCUT2D eigenvalue weighted by molar-refractivity contribution is 5.77. The number of rotatable bonds is 7. The zero-order valence-electron chi connectivity index (χ0n) is 12.9. The SMILES string of the molecule is O=C(O)CC1COCCN1C(=O)CCCc1nc(C2CC2)no1. The first kappa shape index (κ1) is 15.9. The lowest BCUT2D eigenvalue weighted by atomic mass is 10.1. The number of aromatic nitrogens is 2. The van der Waals surface area contributed by atoms with Gasteiger partial charge in [0, 0.05) is 25.3 Å². The highest BCUT2D eigenvalue weighted by Gasteiger charge is 2.30. The van der Waals surface area contributed by atoms with Crippen LogP contribution in [0.3, 0.4) is 0 Å². The van der Waals surface area contributed by atoms with Gasteiger partial charge in [-0.3, -0.25) is 9.59 Å². The maximum atomic E-state index is 12.3. The second-order valence-corrected chi connectivity index (χ2v) is 6.09. The van der Waals surface area contributed by atoms with E-state index in [0.29, 0.717) is 44.2 Å². The first-order chi connectivity index (χ1) is 11.1. The summed E-state index contributed by atoms with van der Waals surface area (Å²) < 4.78 is 10.5. The molecular formula is C15H21N3O5. The number of carboxylic acid groups (broad SMARTS) is 1. The number of aryl methyl sites for hydroxylation is 1. The molecule has 23 heavy (non-hydrogen) atoms. The third-order valence-corrected chi connectivity index (χ3v) is 4.17. The van der Waals surface area contributed by atoms with Gasteiger partial charge in [0.25, 0.3) is 0 Å². The Balaban J connectivity index is 1.46. The third kappa shape index (κ3) is 4.28. The van der Waals surface area contributed by atoms with Crippen LogP contribution in [-0.2, 0) is 20.7 Å². The van der Waals surface area contributed by atoms with Gasteiger partial charge in [0.2, 0.25) is 11.8 Å². The number of aliphatic carboxylic acids is 1. The number of carbonyl (C=O) groups excluding carboxylic acids is 1. The highest BCUT2D eigenvalue weighted by atomic mass is 16.5. The zero-order chi connectivity index (χ0) is 16.2. The van der Waals surface area contributed by atoms with Gasteiger partial charge in [0.05, 0.1) is 25.7 Å². The van der Waals surface area contributed by atoms with Crippen LogP contribution in [-0.4, -0.2) is 57.8 Å². The van der Waals surface area contributed by atoms with E-state index in [1.54, 1.807) is 4.90 Å². The molecule has 1 saturated heterocycles. The minimum absolute atomic E-state index is 0.0403. The smallest absolute Gasteiger partial charge is 0.305 e. The highest BCUT2D eigenvalue weighted by Crippen LogP contribution is 2.38. The lowest BCUT2D eigenvalue weighted by Gasteiger charge is -2.34. The van der Waals surface area contributed by atoms with Crippen molar-refractivity contribution in [3.63, 3.8) is 0 Å². The Kier molecular flexibility index (Phi) is 4.90. The van der Waals surface area contributed by atoms with E-state index in [0.717, 1.165) is 18.7 Å². The average molecular weight is 323 g/mol. The van der Waals surface area contributed by atoms with Gasteiger partial charge in [-0.05, 0) is 19.3 Å². The minimum atomic E-state index is -0.920. The number of hydrogen-bond donors (Lipinski definition) is 1. The molecule has 2 heterocycles. The topological polar surface area (TPSA) is 106 Å². The van der Waals surface area contributed by atoms with Crippen LogP contribution in [0.4, 0.5) is 0 Å². The maximum Gasteiger partial charge on any atom is 0.305 e. The number of amides is 1. The van der Waals surface area contributed by atoms with Crippen molar-refractivity contribution in [3.05, 3.63) is 11.7 Å². The number of hydrogen-bond acceptors (Lipinski definition) is 6. The second-order valence-electron chi connectivity index (χ2n) is 6.09. The molecule has 1 aromatic rings. The van der Waals surface area contributed by atoms with E-state index in [2.05, 4.69) is 10.1 Å². The van der Waals surface area contributed by atoms with E-state index >= 15 is 0 Å². The largest absolute Gasteiger partial charge is 0.481 e. The molecule has 1 atom stereocenters. The van der Waals surface area contributed by atoms with Crippen molar-refractivity contribution >= 4 is 11.9 Å². The molecular weight excluding hydrogens is 302 g/mol. The van der Waals surface area contributed by atoms with Crippen molar-refractivity contribution in [3.8, 4) is 0 Å². The summed E-state index contributed by atoms with van der Waals surface area (Å²) in [6, 6.07) is -0.376. The molecule has 0 bridgehead atoms. The van der Waals surface area contributed by atoms with E-state index in [-0.39, 0.29) is 25.0 Å². The van der Waals surface area contributed by atoms with Crippen LogP contribution in [0.5, 0.6) is 0 Å². The van der Waals surface area contributed by atoms with Gasteiger partial charge in [-0.15, -0.1) is 0 Å². The quantitative estimate of drug-likeness (QED) is 0.797. The van der Waals surface area contributed by atoms with Crippen molar-refractivity contribution in [2.75, 3.05) is 19.8 Å². The van der Waals surface area contributed by atoms with E-state index in [1.807, 2.05) is 0 Å². The summed E-state index contributed by atoms with van der Waals surface area (Å²) in [6.45, 7) is 1.19. The van der Waals surface area contributed by atoms with Crippen LogP contribution in [0.25, 0.3) is 0 Å². The van der Waals surface area contributed by atoms with Crippen LogP contribution in [0.1, 0.15) is 49.7 Å². The molecule has 2 fully saturated rings. The predicted molar refractivity (Wildman–Crippen MR) is 77.8 cm³/mol. The van der Waals surface area contributed by atoms with E-state index in [9.17, 15) is 9.59 Å². The van der Waals surface area contributed by atoms with Gasteiger partial charge >= 0.3 is 5.97 Å². The van der Waals surface area contributed by atoms with Crippen molar-refractivity contribution in [2.45, 2.75) is 50.5 Å². The Morgan fingerprint density at radius 3 is 2.91 bits per heavy atom. The third-order valence-electron chi connectivity index (χ3n) is 4.17. The van der Waals surface area contributed by atoms with Crippen LogP contribution >= 0.6 is 0 Å². The van der Waals surface area contributed by atoms with Crippen LogP contribution in [0, 0.1) is 0 Å². The molecule has 1 amide bonds. The van der Waals surface area contributed by atoms with Gasteiger partial charge in [0.15, 0.2) is 5.82 Å². The lowest BCUT2D eigenvalue weighted by molar-refractivity contribution is -0.146. The van der Waals surface area contributed by atoms with Crippen molar-refractivity contribution in [1.82, 2.24) is 15.0 Å². The van der Waals surface area contributed by atoms with Crippen molar-refractivity contribution in [1.29, 1.82) is 0 Å². The van der Waals surface area contributed by atoms with Crippen molar-refractivity contribution < 1.29 is 24.0 Å². The first-order valence-corrected chi connectivity index (χ1v) is 8.05. The molecule has 1 aromatic heterocycles. The fourth-order valence-corrected chi connectivity index (χ4v) is 2.77. The Hall–Kier alpha value is -1.96. The van der Waals surface area contributed by atoms with E-state index < -0.39 is 5.97 Å². The van der Waals surface area contributed by atoms with E-state index in [4.69, 9.17) is 14.4 Å². The first-order valence-electron chi connectivity index (χ1n) is 8.05. The fraction of sp³-hybridized carbons (Fsp3) is 0.733. The minimum Gasteiger partial charge on any atom is -0.481 e. The monoisotopic (exact) mass is 323 g/mol. The van der Waals surface area contributed by atoms with Crippen molar-refractivity contribution in [2.24, 2.45) is 0 Å². The molecule has 126 valence electrons. The molecule has 8 nitrogen and oxygen atoms in total. The van der Waals surface area contributed by atoms with Crippen LogP contribution in [0.15, 0.2) is 4.52 Å². The number of nitrogens with zero attached hydrogens (tertiary/aromatic N) is 3. The maximum absolute atomic E-state index is 12.3. The molecule has 3 rings (SSSR count). The number of carboxylic acids is 1. The Bertz CT molecular complexity index is 569. The second kappa shape index (κ2) is 7.08. The zero-order valence-corrected chi connectivity index (χ0v) is 12.9. The Morgan fingerprint density at radius 1 is 1.35 bits per heavy atom. The summed E-state index contributed by atoms with van der Waals surface area (Å²) in [5, 5.41) is 12.9. The molecule has 0 spiro atoms. The normalized spacial score (nSPS) is 21.4. The van der Waals surface area contributed by atoms with Crippen LogP contribution < -0.4 is 0 Å². The van der Waals surface area contributed by atoms with Gasteiger partial charge in [-0.25, -0.2) is 0 Å². The molecule has 0 aromatic carbocycles. The summed E-state index contributed by atoms with van der Waals surface area (Å²) in [5.41, 5.74) is 0. The summed E-state index contributed by atoms with van der Waals surface area (Å²) in [5.74, 6) is 0.849. The summed E-state index contributed by atoms with van der Waals surface area (Å²) in [7, 11) is 0. The Labute approximate surface area is 133 Å². The van der Waals surface area contributed by atoms with Gasteiger partial charge in [-0.1, -0.05) is 5.16 Å².